The largest absolute Gasteiger partial charge is 0.344 e. The molecule has 1 aliphatic heterocycles. The molecule has 0 radical (unpaired) electrons. The molecule has 0 spiro atoms. The Hall–Kier alpha value is -0.710. The summed E-state index contributed by atoms with van der Waals surface area (Å²) < 4.78 is 11.0. The predicted molar refractivity (Wildman–Crippen MR) is 52.2 cm³/mol. The van der Waals surface area contributed by atoms with E-state index in [0.717, 1.165) is 6.66 Å². The fourth-order valence-corrected chi connectivity index (χ4v) is 1.75. The first-order valence-corrected chi connectivity index (χ1v) is 6.72. The van der Waals surface area contributed by atoms with Crippen LogP contribution in [0, 0.1) is 5.41 Å². The van der Waals surface area contributed by atoms with Crippen molar-refractivity contribution >= 4 is 19.2 Å². The molecule has 1 saturated heterocycles. The summed E-state index contributed by atoms with van der Waals surface area (Å²) in [5, 5.41) is 0.590. The lowest BCUT2D eigenvalue weighted by molar-refractivity contribution is -0.176. The van der Waals surface area contributed by atoms with Gasteiger partial charge < -0.3 is 4.89 Å². The Morgan fingerprint density at radius 2 is 2.20 bits per heavy atom. The highest BCUT2D eigenvalue weighted by Crippen LogP contribution is 2.36. The van der Waals surface area contributed by atoms with Gasteiger partial charge in [0.15, 0.2) is 0 Å². The molecule has 1 fully saturated rings. The number of amides is 2. The summed E-state index contributed by atoms with van der Waals surface area (Å²) in [6, 6.07) is 0. The maximum absolute atomic E-state index is 11.6. The van der Waals surface area contributed by atoms with Gasteiger partial charge in [-0.2, -0.15) is 5.06 Å². The van der Waals surface area contributed by atoms with Crippen LogP contribution >= 0.6 is 7.37 Å². The van der Waals surface area contributed by atoms with Crippen molar-refractivity contribution in [1.29, 1.82) is 0 Å². The van der Waals surface area contributed by atoms with Crippen molar-refractivity contribution in [1.82, 2.24) is 5.06 Å². The van der Waals surface area contributed by atoms with Crippen molar-refractivity contribution in [2.75, 3.05) is 19.4 Å². The minimum Gasteiger partial charge on any atom is -0.344 e. The maximum atomic E-state index is 11.6. The van der Waals surface area contributed by atoms with Crippen LogP contribution in [0.25, 0.3) is 0 Å². The highest BCUT2D eigenvalue weighted by Gasteiger charge is 2.44. The third-order valence-corrected chi connectivity index (χ3v) is 2.83. The summed E-state index contributed by atoms with van der Waals surface area (Å²) >= 11 is 0. The monoisotopic (exact) mass is 235 g/mol. The second kappa shape index (κ2) is 3.70. The van der Waals surface area contributed by atoms with Crippen LogP contribution in [-0.2, 0) is 19.0 Å². The molecular weight excluding hydrogens is 221 g/mol. The Morgan fingerprint density at radius 3 is 2.53 bits per heavy atom. The predicted octanol–water partition coefficient (Wildman–Crippen LogP) is 0.213. The Bertz CT molecular complexity index is 345. The third-order valence-electron chi connectivity index (χ3n) is 1.97. The van der Waals surface area contributed by atoms with Gasteiger partial charge in [0, 0.05) is 6.66 Å². The van der Waals surface area contributed by atoms with Crippen molar-refractivity contribution in [2.24, 2.45) is 5.41 Å². The van der Waals surface area contributed by atoms with Crippen LogP contribution in [0.15, 0.2) is 0 Å². The van der Waals surface area contributed by atoms with Crippen molar-refractivity contribution in [2.45, 2.75) is 13.8 Å². The second-order valence-electron chi connectivity index (χ2n) is 4.36. The highest BCUT2D eigenvalue weighted by molar-refractivity contribution is 7.58. The first-order chi connectivity index (χ1) is 6.63. The summed E-state index contributed by atoms with van der Waals surface area (Å²) in [5.41, 5.74) is -0.747. The Kier molecular flexibility index (Phi) is 3.05. The van der Waals surface area contributed by atoms with E-state index in [9.17, 15) is 14.2 Å². The van der Waals surface area contributed by atoms with Crippen LogP contribution in [-0.4, -0.2) is 41.2 Å². The minimum absolute atomic E-state index is 0.108. The molecule has 0 bridgehead atoms. The van der Waals surface area contributed by atoms with E-state index in [4.69, 9.17) is 9.73 Å². The fraction of sp³-hybridized carbons (Fsp3) is 0.750. The van der Waals surface area contributed by atoms with Crippen molar-refractivity contribution in [3.8, 4) is 0 Å². The van der Waals surface area contributed by atoms with E-state index in [1.54, 1.807) is 13.8 Å². The molecule has 6 nitrogen and oxygen atoms in total. The molecule has 0 aliphatic carbocycles. The minimum atomic E-state index is -3.47. The summed E-state index contributed by atoms with van der Waals surface area (Å²) in [4.78, 5) is 36.9. The van der Waals surface area contributed by atoms with Gasteiger partial charge in [-0.1, -0.05) is 0 Å². The molecule has 0 saturated carbocycles. The number of nitrogens with zero attached hydrogens (tertiary/aromatic N) is 1. The van der Waals surface area contributed by atoms with E-state index in [1.807, 2.05) is 0 Å². The quantitative estimate of drug-likeness (QED) is 0.692. The zero-order valence-electron chi connectivity index (χ0n) is 8.89. The van der Waals surface area contributed by atoms with E-state index in [0.29, 0.717) is 5.06 Å². The van der Waals surface area contributed by atoms with Crippen LogP contribution < -0.4 is 0 Å². The van der Waals surface area contributed by atoms with Crippen LogP contribution in [0.2, 0.25) is 0 Å². The van der Waals surface area contributed by atoms with Gasteiger partial charge in [0.1, 0.15) is 6.16 Å². The van der Waals surface area contributed by atoms with E-state index in [1.165, 1.54) is 0 Å². The Labute approximate surface area is 87.6 Å². The van der Waals surface area contributed by atoms with Gasteiger partial charge in [-0.3, -0.25) is 19.0 Å². The topological polar surface area (TPSA) is 83.9 Å². The molecule has 1 heterocycles. The van der Waals surface area contributed by atoms with E-state index < -0.39 is 30.8 Å². The maximum Gasteiger partial charge on any atom is 0.263 e. The second-order valence-corrected chi connectivity index (χ2v) is 6.78. The highest BCUT2D eigenvalue weighted by atomic mass is 31.2. The molecule has 2 amide bonds. The average molecular weight is 235 g/mol. The summed E-state index contributed by atoms with van der Waals surface area (Å²) in [6.45, 7) is 4.47. The zero-order valence-corrected chi connectivity index (χ0v) is 9.78. The molecule has 7 heteroatoms. The van der Waals surface area contributed by atoms with E-state index in [2.05, 4.69) is 0 Å². The van der Waals surface area contributed by atoms with Gasteiger partial charge in [-0.25, -0.2) is 0 Å². The molecule has 86 valence electrons. The smallest absolute Gasteiger partial charge is 0.263 e. The number of carbonyl (C=O) groups excluding carboxylic acids is 2. The molecule has 0 aromatic rings. The summed E-state index contributed by atoms with van der Waals surface area (Å²) in [5.74, 6) is -1.24. The normalized spacial score (nSPS) is 24.0. The van der Waals surface area contributed by atoms with Gasteiger partial charge in [0.25, 0.3) is 11.8 Å². The van der Waals surface area contributed by atoms with Gasteiger partial charge in [0.05, 0.1) is 12.0 Å². The molecule has 15 heavy (non-hydrogen) atoms. The van der Waals surface area contributed by atoms with Crippen LogP contribution in [0.3, 0.4) is 0 Å². The lowest BCUT2D eigenvalue weighted by Gasteiger charge is -2.15. The first-order valence-electron chi connectivity index (χ1n) is 4.43. The van der Waals surface area contributed by atoms with Gasteiger partial charge in [0.2, 0.25) is 7.37 Å². The number of hydrogen-bond acceptors (Lipinski definition) is 4. The number of imide groups is 1. The Morgan fingerprint density at radius 1 is 1.67 bits per heavy atom. The summed E-state index contributed by atoms with van der Waals surface area (Å²) in [7, 11) is -3.47. The van der Waals surface area contributed by atoms with Crippen LogP contribution in [0.4, 0.5) is 0 Å². The number of hydrogen-bond donors (Lipinski definition) is 1. The van der Waals surface area contributed by atoms with Gasteiger partial charge in [-0.15, -0.1) is 0 Å². The molecule has 1 rings (SSSR count). The van der Waals surface area contributed by atoms with E-state index >= 15 is 0 Å². The molecule has 1 atom stereocenters. The average Bonchev–Trinajstić information content (AvgIpc) is 2.24. The van der Waals surface area contributed by atoms with Crippen molar-refractivity contribution in [3.63, 3.8) is 0 Å². The standard InChI is InChI=1S/C8H14NO5P/c1-8(2)5-14-9(7(8)11)6(10)4-15(3,12)13/h4-5H2,1-3H3,(H,12,13). The van der Waals surface area contributed by atoms with Crippen LogP contribution in [0.5, 0.6) is 0 Å². The van der Waals surface area contributed by atoms with Gasteiger partial charge in [-0.05, 0) is 13.8 Å². The first kappa shape index (κ1) is 12.4. The number of hydroxylamine groups is 2. The molecule has 0 aromatic heterocycles. The fourth-order valence-electron chi connectivity index (χ4n) is 1.12. The van der Waals surface area contributed by atoms with Crippen LogP contribution in [0.1, 0.15) is 13.8 Å². The molecule has 1 N–H and O–H groups in total. The zero-order chi connectivity index (χ0) is 11.9. The van der Waals surface area contributed by atoms with E-state index in [-0.39, 0.29) is 6.61 Å². The SMILES string of the molecule is CC1(C)CON(C(=O)CP(C)(=O)O)C1=O. The van der Waals surface area contributed by atoms with Crippen molar-refractivity contribution < 1.29 is 23.9 Å². The van der Waals surface area contributed by atoms with Crippen molar-refractivity contribution in [3.05, 3.63) is 0 Å². The number of rotatable bonds is 2. The molecule has 0 aromatic carbocycles. The summed E-state index contributed by atoms with van der Waals surface area (Å²) in [6.07, 6.45) is -0.575. The van der Waals surface area contributed by atoms with Gasteiger partial charge >= 0.3 is 0 Å². The molecule has 1 unspecified atom stereocenters. The lowest BCUT2D eigenvalue weighted by Crippen LogP contribution is -2.37. The lowest BCUT2D eigenvalue weighted by atomic mass is 9.95. The number of carbonyl (C=O) groups is 2. The Balaban J connectivity index is 2.72. The third kappa shape index (κ3) is 2.87. The molecule has 1 aliphatic rings. The molecular formula is C8H14NO5P.